The first-order valence-corrected chi connectivity index (χ1v) is 10.2. The van der Waals surface area contributed by atoms with Crippen molar-refractivity contribution >= 4 is 23.3 Å². The summed E-state index contributed by atoms with van der Waals surface area (Å²) in [4.78, 5) is 0. The first kappa shape index (κ1) is 19.4. The van der Waals surface area contributed by atoms with Crippen molar-refractivity contribution in [3.8, 4) is 0 Å². The number of benzene rings is 4. The summed E-state index contributed by atoms with van der Waals surface area (Å²) in [5.41, 5.74) is 7.13. The lowest BCUT2D eigenvalue weighted by Gasteiger charge is -2.07. The molecule has 0 heteroatoms. The van der Waals surface area contributed by atoms with Crippen molar-refractivity contribution in [3.63, 3.8) is 0 Å². The predicted molar refractivity (Wildman–Crippen MR) is 131 cm³/mol. The van der Waals surface area contributed by atoms with Crippen molar-refractivity contribution in [1.82, 2.24) is 0 Å². The standard InChI is InChI=1S/C30H24/c1-5-13-25(14-6-1)23-29(27-17-9-3-10-18-27)21-22-30(28-19-11-4-12-20-28)24-26-15-7-2-8-16-26/h1-24H/b22-21-,29-23-,30-24+. The van der Waals surface area contributed by atoms with Gasteiger partial charge in [0.2, 0.25) is 0 Å². The van der Waals surface area contributed by atoms with Gasteiger partial charge in [-0.25, -0.2) is 0 Å². The van der Waals surface area contributed by atoms with Gasteiger partial charge < -0.3 is 0 Å². The third kappa shape index (κ3) is 5.33. The van der Waals surface area contributed by atoms with Gasteiger partial charge in [0.05, 0.1) is 0 Å². The Kier molecular flexibility index (Phi) is 6.50. The fourth-order valence-electron chi connectivity index (χ4n) is 3.35. The molecule has 144 valence electrons. The SMILES string of the molecule is C(=C/C(=C\c1ccccc1)c1ccccc1)/C(=C/c1ccccc1)c1ccccc1. The molecule has 0 N–H and O–H groups in total. The van der Waals surface area contributed by atoms with E-state index in [9.17, 15) is 0 Å². The number of allylic oxidation sites excluding steroid dienone is 4. The Hall–Kier alpha value is -3.90. The molecule has 4 aromatic carbocycles. The molecule has 0 radical (unpaired) electrons. The van der Waals surface area contributed by atoms with E-state index in [0.29, 0.717) is 0 Å². The summed E-state index contributed by atoms with van der Waals surface area (Å²) in [5.74, 6) is 0. The number of hydrogen-bond donors (Lipinski definition) is 0. The van der Waals surface area contributed by atoms with E-state index in [4.69, 9.17) is 0 Å². The van der Waals surface area contributed by atoms with E-state index in [1.54, 1.807) is 0 Å². The molecule has 0 spiro atoms. The Morgan fingerprint density at radius 2 is 0.667 bits per heavy atom. The van der Waals surface area contributed by atoms with E-state index >= 15 is 0 Å². The zero-order valence-electron chi connectivity index (χ0n) is 16.9. The van der Waals surface area contributed by atoms with Crippen molar-refractivity contribution in [2.75, 3.05) is 0 Å². The predicted octanol–water partition coefficient (Wildman–Crippen LogP) is 8.02. The van der Waals surface area contributed by atoms with E-state index < -0.39 is 0 Å². The average Bonchev–Trinajstić information content (AvgIpc) is 2.83. The lowest BCUT2D eigenvalue weighted by molar-refractivity contribution is 1.60. The summed E-state index contributed by atoms with van der Waals surface area (Å²) in [6, 6.07) is 42.0. The van der Waals surface area contributed by atoms with E-state index in [1.165, 1.54) is 33.4 Å². The second-order valence-electron chi connectivity index (χ2n) is 7.09. The molecule has 0 aromatic heterocycles. The Labute approximate surface area is 179 Å². The summed E-state index contributed by atoms with van der Waals surface area (Å²) in [7, 11) is 0. The molecule has 0 amide bonds. The first-order chi connectivity index (χ1) is 14.9. The van der Waals surface area contributed by atoms with E-state index in [2.05, 4.69) is 133 Å². The van der Waals surface area contributed by atoms with Crippen LogP contribution in [-0.4, -0.2) is 0 Å². The molecule has 0 unspecified atom stereocenters. The van der Waals surface area contributed by atoms with Crippen LogP contribution in [0.3, 0.4) is 0 Å². The van der Waals surface area contributed by atoms with E-state index in [0.717, 1.165) is 0 Å². The summed E-state index contributed by atoms with van der Waals surface area (Å²) >= 11 is 0. The van der Waals surface area contributed by atoms with Gasteiger partial charge in [-0.3, -0.25) is 0 Å². The van der Waals surface area contributed by atoms with Crippen molar-refractivity contribution < 1.29 is 0 Å². The largest absolute Gasteiger partial charge is 0.0622 e. The highest BCUT2D eigenvalue weighted by Gasteiger charge is 2.02. The fourth-order valence-corrected chi connectivity index (χ4v) is 3.35. The lowest BCUT2D eigenvalue weighted by atomic mass is 9.98. The van der Waals surface area contributed by atoms with Crippen molar-refractivity contribution in [3.05, 3.63) is 156 Å². The zero-order valence-corrected chi connectivity index (χ0v) is 16.9. The molecule has 0 fully saturated rings. The molecule has 0 heterocycles. The quantitative estimate of drug-likeness (QED) is 0.233. The molecule has 4 aromatic rings. The van der Waals surface area contributed by atoms with Gasteiger partial charge in [0, 0.05) is 0 Å². The van der Waals surface area contributed by atoms with Gasteiger partial charge in [-0.1, -0.05) is 133 Å². The molecule has 0 nitrogen and oxygen atoms in total. The van der Waals surface area contributed by atoms with Gasteiger partial charge in [0.1, 0.15) is 0 Å². The highest BCUT2D eigenvalue weighted by Crippen LogP contribution is 2.24. The molecule has 0 saturated heterocycles. The molecule has 0 atom stereocenters. The maximum Gasteiger partial charge on any atom is -0.0178 e. The molecular weight excluding hydrogens is 360 g/mol. The first-order valence-electron chi connectivity index (χ1n) is 10.2. The van der Waals surface area contributed by atoms with Crippen LogP contribution in [0.25, 0.3) is 23.3 Å². The molecule has 0 saturated carbocycles. The summed E-state index contributed by atoms with van der Waals surface area (Å²) < 4.78 is 0. The third-order valence-corrected chi connectivity index (χ3v) is 4.90. The van der Waals surface area contributed by atoms with E-state index in [1.807, 2.05) is 12.1 Å². The van der Waals surface area contributed by atoms with Crippen molar-refractivity contribution in [2.45, 2.75) is 0 Å². The zero-order chi connectivity index (χ0) is 20.4. The second-order valence-corrected chi connectivity index (χ2v) is 7.09. The minimum Gasteiger partial charge on any atom is -0.0622 e. The monoisotopic (exact) mass is 384 g/mol. The maximum atomic E-state index is 2.23. The Balaban J connectivity index is 1.76. The lowest BCUT2D eigenvalue weighted by Crippen LogP contribution is -1.84. The molecule has 0 aliphatic heterocycles. The number of rotatable bonds is 6. The highest BCUT2D eigenvalue weighted by molar-refractivity contribution is 5.93. The number of hydrogen-bond acceptors (Lipinski definition) is 0. The van der Waals surface area contributed by atoms with Crippen LogP contribution in [-0.2, 0) is 0 Å². The van der Waals surface area contributed by atoms with Crippen LogP contribution in [0.15, 0.2) is 133 Å². The van der Waals surface area contributed by atoms with Gasteiger partial charge >= 0.3 is 0 Å². The van der Waals surface area contributed by atoms with Gasteiger partial charge in [0.25, 0.3) is 0 Å². The normalized spacial score (nSPS) is 12.3. The summed E-state index contributed by atoms with van der Waals surface area (Å²) in [5, 5.41) is 0. The van der Waals surface area contributed by atoms with Gasteiger partial charge in [0.15, 0.2) is 0 Å². The maximum absolute atomic E-state index is 2.23. The Morgan fingerprint density at radius 3 is 1.00 bits per heavy atom. The molecule has 0 aliphatic rings. The van der Waals surface area contributed by atoms with Gasteiger partial charge in [-0.2, -0.15) is 0 Å². The minimum absolute atomic E-state index is 1.18. The van der Waals surface area contributed by atoms with Crippen molar-refractivity contribution in [1.29, 1.82) is 0 Å². The van der Waals surface area contributed by atoms with Crippen LogP contribution in [0.5, 0.6) is 0 Å². The van der Waals surface area contributed by atoms with Crippen LogP contribution in [0.2, 0.25) is 0 Å². The molecule has 4 rings (SSSR count). The van der Waals surface area contributed by atoms with Crippen LogP contribution in [0.4, 0.5) is 0 Å². The fraction of sp³-hybridized carbons (Fsp3) is 0. The molecule has 0 bridgehead atoms. The average molecular weight is 385 g/mol. The molecule has 30 heavy (non-hydrogen) atoms. The van der Waals surface area contributed by atoms with Crippen LogP contribution in [0, 0.1) is 0 Å². The minimum atomic E-state index is 1.18. The highest BCUT2D eigenvalue weighted by atomic mass is 14.1. The van der Waals surface area contributed by atoms with Crippen LogP contribution in [0.1, 0.15) is 22.3 Å². The molecule has 0 aliphatic carbocycles. The molecular formula is C30H24. The Bertz CT molecular complexity index is 1040. The summed E-state index contributed by atoms with van der Waals surface area (Å²) in [6.07, 6.45) is 8.89. The smallest absolute Gasteiger partial charge is 0.0178 e. The second kappa shape index (κ2) is 10.0. The van der Waals surface area contributed by atoms with Crippen LogP contribution >= 0.6 is 0 Å². The topological polar surface area (TPSA) is 0 Å². The van der Waals surface area contributed by atoms with Crippen LogP contribution < -0.4 is 0 Å². The van der Waals surface area contributed by atoms with E-state index in [-0.39, 0.29) is 0 Å². The Morgan fingerprint density at radius 1 is 0.367 bits per heavy atom. The third-order valence-electron chi connectivity index (χ3n) is 4.90. The van der Waals surface area contributed by atoms with Gasteiger partial charge in [-0.05, 0) is 45.6 Å². The summed E-state index contributed by atoms with van der Waals surface area (Å²) in [6.45, 7) is 0. The van der Waals surface area contributed by atoms with Gasteiger partial charge in [-0.15, -0.1) is 0 Å². The van der Waals surface area contributed by atoms with Crippen molar-refractivity contribution in [2.24, 2.45) is 0 Å².